The molecule has 0 saturated heterocycles. The van der Waals surface area contributed by atoms with Gasteiger partial charge in [-0.05, 0) is 56.0 Å². The number of rotatable bonds is 10. The summed E-state index contributed by atoms with van der Waals surface area (Å²) in [5.74, 6) is -0.687. The molecule has 0 fully saturated rings. The maximum atomic E-state index is 13.5. The average molecular weight is 460 g/mol. The number of likely N-dealkylation sites (N-methyl/N-ethyl adjacent to an activating group) is 1. The van der Waals surface area contributed by atoms with Crippen molar-refractivity contribution < 1.29 is 18.0 Å². The molecule has 0 radical (unpaired) electrons. The predicted molar refractivity (Wildman–Crippen MR) is 128 cm³/mol. The molecule has 0 spiro atoms. The van der Waals surface area contributed by atoms with Gasteiger partial charge in [0.05, 0.1) is 11.9 Å². The van der Waals surface area contributed by atoms with Gasteiger partial charge in [-0.15, -0.1) is 0 Å². The Labute approximate surface area is 191 Å². The summed E-state index contributed by atoms with van der Waals surface area (Å²) in [6.07, 6.45) is 1.49. The number of benzene rings is 2. The van der Waals surface area contributed by atoms with Crippen LogP contribution in [0.5, 0.6) is 0 Å². The van der Waals surface area contributed by atoms with E-state index in [2.05, 4.69) is 5.32 Å². The normalized spacial score (nSPS) is 12.2. The van der Waals surface area contributed by atoms with Crippen LogP contribution in [0.4, 0.5) is 5.69 Å². The van der Waals surface area contributed by atoms with Gasteiger partial charge in [0.15, 0.2) is 0 Å². The Kier molecular flexibility index (Phi) is 8.83. The van der Waals surface area contributed by atoms with Crippen LogP contribution in [0.25, 0.3) is 0 Å². The van der Waals surface area contributed by atoms with Crippen molar-refractivity contribution in [2.75, 3.05) is 23.7 Å². The Balaban J connectivity index is 2.44. The highest BCUT2D eigenvalue weighted by molar-refractivity contribution is 7.92. The third-order valence-corrected chi connectivity index (χ3v) is 6.25. The molecule has 0 unspecified atom stereocenters. The van der Waals surface area contributed by atoms with E-state index < -0.39 is 22.0 Å². The minimum Gasteiger partial charge on any atom is -0.355 e. The fourth-order valence-corrected chi connectivity index (χ4v) is 4.53. The molecular weight excluding hydrogens is 426 g/mol. The molecule has 2 aromatic rings. The number of sulfonamides is 1. The van der Waals surface area contributed by atoms with Crippen molar-refractivity contribution in [2.45, 2.75) is 46.7 Å². The highest BCUT2D eigenvalue weighted by atomic mass is 32.2. The van der Waals surface area contributed by atoms with Gasteiger partial charge >= 0.3 is 0 Å². The number of amides is 2. The largest absolute Gasteiger partial charge is 0.355 e. The number of carbonyl (C=O) groups is 2. The highest BCUT2D eigenvalue weighted by Gasteiger charge is 2.31. The van der Waals surface area contributed by atoms with E-state index in [0.717, 1.165) is 27.3 Å². The third-order valence-electron chi connectivity index (χ3n) is 5.11. The first-order chi connectivity index (χ1) is 15.1. The topological polar surface area (TPSA) is 86.8 Å². The van der Waals surface area contributed by atoms with Gasteiger partial charge in [-0.3, -0.25) is 13.9 Å². The molecule has 2 amide bonds. The fraction of sp³-hybridized carbons (Fsp3) is 0.417. The lowest BCUT2D eigenvalue weighted by atomic mass is 10.1. The molecular formula is C24H33N3O4S. The van der Waals surface area contributed by atoms with E-state index in [-0.39, 0.29) is 19.0 Å². The maximum Gasteiger partial charge on any atom is 0.244 e. The van der Waals surface area contributed by atoms with Crippen LogP contribution < -0.4 is 9.62 Å². The molecule has 2 aromatic carbocycles. The summed E-state index contributed by atoms with van der Waals surface area (Å²) < 4.78 is 26.4. The van der Waals surface area contributed by atoms with E-state index in [9.17, 15) is 18.0 Å². The van der Waals surface area contributed by atoms with Gasteiger partial charge in [-0.2, -0.15) is 0 Å². The lowest BCUT2D eigenvalue weighted by Crippen LogP contribution is -2.52. The monoisotopic (exact) mass is 459 g/mol. The van der Waals surface area contributed by atoms with Gasteiger partial charge in [0, 0.05) is 13.1 Å². The van der Waals surface area contributed by atoms with Crippen molar-refractivity contribution in [1.29, 1.82) is 0 Å². The van der Waals surface area contributed by atoms with Crippen LogP contribution in [-0.2, 0) is 26.2 Å². The van der Waals surface area contributed by atoms with E-state index in [0.29, 0.717) is 18.7 Å². The second-order valence-corrected chi connectivity index (χ2v) is 9.85. The van der Waals surface area contributed by atoms with Gasteiger partial charge in [0.25, 0.3) is 0 Å². The van der Waals surface area contributed by atoms with Gasteiger partial charge in [0.2, 0.25) is 21.8 Å². The zero-order valence-electron chi connectivity index (χ0n) is 19.5. The summed E-state index contributed by atoms with van der Waals surface area (Å²) in [5, 5.41) is 2.78. The zero-order valence-corrected chi connectivity index (χ0v) is 20.3. The maximum absolute atomic E-state index is 13.5. The van der Waals surface area contributed by atoms with E-state index in [1.807, 2.05) is 64.1 Å². The van der Waals surface area contributed by atoms with Crippen molar-refractivity contribution in [3.05, 3.63) is 65.2 Å². The molecule has 32 heavy (non-hydrogen) atoms. The second-order valence-electron chi connectivity index (χ2n) is 7.94. The predicted octanol–water partition coefficient (Wildman–Crippen LogP) is 3.01. The molecule has 7 nitrogen and oxygen atoms in total. The van der Waals surface area contributed by atoms with Crippen LogP contribution in [0.15, 0.2) is 48.5 Å². The molecule has 0 aliphatic rings. The summed E-state index contributed by atoms with van der Waals surface area (Å²) in [7, 11) is -3.73. The van der Waals surface area contributed by atoms with Crippen LogP contribution in [-0.4, -0.2) is 50.5 Å². The Hall–Kier alpha value is -2.87. The molecule has 0 aromatic heterocycles. The van der Waals surface area contributed by atoms with Crippen LogP contribution in [0.2, 0.25) is 0 Å². The molecule has 8 heteroatoms. The average Bonchev–Trinajstić information content (AvgIpc) is 2.71. The summed E-state index contributed by atoms with van der Waals surface area (Å²) in [5.41, 5.74) is 3.09. The van der Waals surface area contributed by atoms with Gasteiger partial charge < -0.3 is 10.2 Å². The molecule has 0 heterocycles. The first kappa shape index (κ1) is 25.4. The minimum absolute atomic E-state index is 0.208. The summed E-state index contributed by atoms with van der Waals surface area (Å²) >= 11 is 0. The minimum atomic E-state index is -3.73. The first-order valence-electron chi connectivity index (χ1n) is 10.7. The standard InChI is InChI=1S/C24H33N3O4S/c1-6-22(24(29)25-7-2)26(16-20-11-9-8-10-12-20)23(28)17-27(32(5,30)31)21-14-18(3)13-19(4)15-21/h8-15,22H,6-7,16-17H2,1-5H3,(H,25,29)/t22-/m0/s1. The summed E-state index contributed by atoms with van der Waals surface area (Å²) in [4.78, 5) is 27.7. The smallest absolute Gasteiger partial charge is 0.244 e. The number of hydrogen-bond acceptors (Lipinski definition) is 4. The van der Waals surface area contributed by atoms with E-state index >= 15 is 0 Å². The third kappa shape index (κ3) is 6.82. The van der Waals surface area contributed by atoms with Crippen molar-refractivity contribution in [2.24, 2.45) is 0 Å². The number of aryl methyl sites for hydroxylation is 2. The Bertz CT molecular complexity index is 1020. The van der Waals surface area contributed by atoms with E-state index in [4.69, 9.17) is 0 Å². The van der Waals surface area contributed by atoms with E-state index in [1.54, 1.807) is 12.1 Å². The van der Waals surface area contributed by atoms with Crippen LogP contribution in [0.1, 0.15) is 37.0 Å². The number of carbonyl (C=O) groups excluding carboxylic acids is 2. The molecule has 0 aliphatic carbocycles. The molecule has 1 N–H and O–H groups in total. The molecule has 2 rings (SSSR count). The first-order valence-corrected chi connectivity index (χ1v) is 12.6. The molecule has 174 valence electrons. The second kappa shape index (κ2) is 11.1. The SMILES string of the molecule is CCNC(=O)[C@H](CC)N(Cc1ccccc1)C(=O)CN(c1cc(C)cc(C)c1)S(C)(=O)=O. The molecule has 0 aliphatic heterocycles. The highest BCUT2D eigenvalue weighted by Crippen LogP contribution is 2.22. The van der Waals surface area contributed by atoms with Crippen LogP contribution in [0, 0.1) is 13.8 Å². The lowest BCUT2D eigenvalue weighted by molar-refractivity contribution is -0.140. The lowest BCUT2D eigenvalue weighted by Gasteiger charge is -2.33. The van der Waals surface area contributed by atoms with Crippen molar-refractivity contribution in [3.63, 3.8) is 0 Å². The Morgan fingerprint density at radius 1 is 1.00 bits per heavy atom. The summed E-state index contributed by atoms with van der Waals surface area (Å²) in [6.45, 7) is 7.68. The quantitative estimate of drug-likeness (QED) is 0.592. The van der Waals surface area contributed by atoms with Gasteiger partial charge in [-0.25, -0.2) is 8.42 Å². The van der Waals surface area contributed by atoms with Gasteiger partial charge in [-0.1, -0.05) is 43.3 Å². The van der Waals surface area contributed by atoms with Gasteiger partial charge in [0.1, 0.15) is 12.6 Å². The van der Waals surface area contributed by atoms with Crippen LogP contribution >= 0.6 is 0 Å². The molecule has 0 bridgehead atoms. The van der Waals surface area contributed by atoms with Crippen molar-refractivity contribution in [1.82, 2.24) is 10.2 Å². The summed E-state index contributed by atoms with van der Waals surface area (Å²) in [6, 6.07) is 14.1. The van der Waals surface area contributed by atoms with Crippen molar-refractivity contribution >= 4 is 27.5 Å². The fourth-order valence-electron chi connectivity index (χ4n) is 3.70. The number of nitrogens with zero attached hydrogens (tertiary/aromatic N) is 2. The van der Waals surface area contributed by atoms with Crippen molar-refractivity contribution in [3.8, 4) is 0 Å². The number of hydrogen-bond donors (Lipinski definition) is 1. The number of anilines is 1. The Morgan fingerprint density at radius 2 is 1.59 bits per heavy atom. The molecule has 1 atom stereocenters. The molecule has 0 saturated carbocycles. The Morgan fingerprint density at radius 3 is 2.09 bits per heavy atom. The van der Waals surface area contributed by atoms with E-state index in [1.165, 1.54) is 4.90 Å². The van der Waals surface area contributed by atoms with Crippen LogP contribution in [0.3, 0.4) is 0 Å². The number of nitrogens with one attached hydrogen (secondary N) is 1. The zero-order chi connectivity index (χ0) is 23.9.